The molecule has 0 aromatic carbocycles. The zero-order chi connectivity index (χ0) is 10.7. The van der Waals surface area contributed by atoms with Gasteiger partial charge in [-0.3, -0.25) is 0 Å². The van der Waals surface area contributed by atoms with E-state index in [0.717, 1.165) is 0 Å². The summed E-state index contributed by atoms with van der Waals surface area (Å²) in [6.45, 7) is 0.619. The van der Waals surface area contributed by atoms with Crippen molar-refractivity contribution < 1.29 is 9.26 Å². The minimum absolute atomic E-state index is 0.181. The van der Waals surface area contributed by atoms with Gasteiger partial charge in [-0.1, -0.05) is 5.16 Å². The molecule has 1 heterocycles. The van der Waals surface area contributed by atoms with Crippen LogP contribution in [0.1, 0.15) is 24.6 Å². The molecule has 1 aromatic rings. The van der Waals surface area contributed by atoms with Crippen molar-refractivity contribution in [1.82, 2.24) is 10.1 Å². The van der Waals surface area contributed by atoms with Gasteiger partial charge in [0.05, 0.1) is 6.61 Å². The number of aromatic nitrogens is 2. The second-order valence-corrected chi connectivity index (χ2v) is 4.05. The van der Waals surface area contributed by atoms with Gasteiger partial charge in [0.25, 0.3) is 0 Å². The number of ether oxygens (including phenoxy) is 1. The van der Waals surface area contributed by atoms with E-state index in [4.69, 9.17) is 15.0 Å². The zero-order valence-electron chi connectivity index (χ0n) is 8.98. The smallest absolute Gasteiger partial charge is 0.228 e. The maximum atomic E-state index is 5.97. The van der Waals surface area contributed by atoms with E-state index < -0.39 is 0 Å². The van der Waals surface area contributed by atoms with Crippen LogP contribution in [0.25, 0.3) is 0 Å². The molecule has 0 spiro atoms. The average molecular weight is 211 g/mol. The zero-order valence-corrected chi connectivity index (χ0v) is 8.98. The summed E-state index contributed by atoms with van der Waals surface area (Å²) in [5.74, 6) is 2.02. The largest absolute Gasteiger partial charge is 0.384 e. The van der Waals surface area contributed by atoms with E-state index >= 15 is 0 Å². The molecule has 1 saturated carbocycles. The van der Waals surface area contributed by atoms with Crippen molar-refractivity contribution in [2.75, 3.05) is 13.7 Å². The van der Waals surface area contributed by atoms with Crippen molar-refractivity contribution in [3.63, 3.8) is 0 Å². The molecule has 2 rings (SSSR count). The van der Waals surface area contributed by atoms with Crippen molar-refractivity contribution in [1.29, 1.82) is 0 Å². The van der Waals surface area contributed by atoms with Gasteiger partial charge in [0.1, 0.15) is 0 Å². The number of methoxy groups -OCH3 is 1. The average Bonchev–Trinajstić information content (AvgIpc) is 2.99. The molecule has 1 fully saturated rings. The van der Waals surface area contributed by atoms with E-state index in [-0.39, 0.29) is 6.04 Å². The second kappa shape index (κ2) is 4.72. The van der Waals surface area contributed by atoms with Crippen LogP contribution in [-0.2, 0) is 17.6 Å². The molecule has 15 heavy (non-hydrogen) atoms. The maximum absolute atomic E-state index is 5.97. The molecular formula is C10H17N3O2. The fraction of sp³-hybridized carbons (Fsp3) is 0.800. The first-order chi connectivity index (χ1) is 7.29. The lowest BCUT2D eigenvalue weighted by Gasteiger charge is -2.04. The Labute approximate surface area is 89.0 Å². The van der Waals surface area contributed by atoms with Crippen LogP contribution >= 0.6 is 0 Å². The molecule has 0 radical (unpaired) electrons. The van der Waals surface area contributed by atoms with Crippen LogP contribution in [0.2, 0.25) is 0 Å². The lowest BCUT2D eigenvalue weighted by Crippen LogP contribution is -2.25. The van der Waals surface area contributed by atoms with Crippen molar-refractivity contribution in [3.05, 3.63) is 11.7 Å². The highest BCUT2D eigenvalue weighted by Crippen LogP contribution is 2.32. The molecule has 1 unspecified atom stereocenters. The Morgan fingerprint density at radius 2 is 2.40 bits per heavy atom. The summed E-state index contributed by atoms with van der Waals surface area (Å²) < 4.78 is 10.1. The van der Waals surface area contributed by atoms with Crippen molar-refractivity contribution in [2.45, 2.75) is 31.7 Å². The van der Waals surface area contributed by atoms with Gasteiger partial charge in [-0.2, -0.15) is 4.98 Å². The minimum Gasteiger partial charge on any atom is -0.384 e. The molecule has 2 N–H and O–H groups in total. The van der Waals surface area contributed by atoms with Gasteiger partial charge in [-0.05, 0) is 18.8 Å². The van der Waals surface area contributed by atoms with E-state index in [1.165, 1.54) is 12.8 Å². The molecule has 0 bridgehead atoms. The quantitative estimate of drug-likeness (QED) is 0.743. The van der Waals surface area contributed by atoms with Crippen LogP contribution in [0.4, 0.5) is 0 Å². The maximum Gasteiger partial charge on any atom is 0.228 e. The number of hydrogen-bond donors (Lipinski definition) is 1. The van der Waals surface area contributed by atoms with E-state index in [9.17, 15) is 0 Å². The summed E-state index contributed by atoms with van der Waals surface area (Å²) in [5.41, 5.74) is 5.97. The first-order valence-corrected chi connectivity index (χ1v) is 5.35. The van der Waals surface area contributed by atoms with Gasteiger partial charge in [0.15, 0.2) is 5.82 Å². The second-order valence-electron chi connectivity index (χ2n) is 4.05. The van der Waals surface area contributed by atoms with Gasteiger partial charge < -0.3 is 15.0 Å². The third-order valence-electron chi connectivity index (χ3n) is 2.68. The Kier molecular flexibility index (Phi) is 3.33. The molecule has 0 saturated heterocycles. The van der Waals surface area contributed by atoms with Crippen LogP contribution in [-0.4, -0.2) is 29.9 Å². The summed E-state index contributed by atoms with van der Waals surface area (Å²) in [4.78, 5) is 4.26. The van der Waals surface area contributed by atoms with Crippen molar-refractivity contribution in [3.8, 4) is 0 Å². The van der Waals surface area contributed by atoms with Crippen LogP contribution in [0.3, 0.4) is 0 Å². The predicted molar refractivity (Wildman–Crippen MR) is 54.3 cm³/mol. The molecular weight excluding hydrogens is 194 g/mol. The summed E-state index contributed by atoms with van der Waals surface area (Å²) in [5, 5.41) is 3.86. The first kappa shape index (κ1) is 10.6. The lowest BCUT2D eigenvalue weighted by atomic mass is 10.1. The highest BCUT2D eigenvalue weighted by atomic mass is 16.5. The Morgan fingerprint density at radius 1 is 1.60 bits per heavy atom. The monoisotopic (exact) mass is 211 g/mol. The van der Waals surface area contributed by atoms with Gasteiger partial charge in [0, 0.05) is 26.0 Å². The summed E-state index contributed by atoms with van der Waals surface area (Å²) in [7, 11) is 1.66. The lowest BCUT2D eigenvalue weighted by molar-refractivity contribution is 0.199. The molecule has 1 aromatic heterocycles. The van der Waals surface area contributed by atoms with Crippen LogP contribution < -0.4 is 5.73 Å². The Morgan fingerprint density at radius 3 is 3.07 bits per heavy atom. The van der Waals surface area contributed by atoms with E-state index in [2.05, 4.69) is 10.1 Å². The number of nitrogens with two attached hydrogens (primary N) is 1. The highest BCUT2D eigenvalue weighted by molar-refractivity contribution is 4.93. The molecule has 84 valence electrons. The third kappa shape index (κ3) is 3.00. The van der Waals surface area contributed by atoms with E-state index in [0.29, 0.717) is 37.1 Å². The molecule has 0 aliphatic heterocycles. The molecule has 1 aliphatic rings. The molecule has 0 amide bonds. The first-order valence-electron chi connectivity index (χ1n) is 5.35. The predicted octanol–water partition coefficient (Wildman–Crippen LogP) is 0.538. The molecule has 5 nitrogen and oxygen atoms in total. The van der Waals surface area contributed by atoms with E-state index in [1.54, 1.807) is 7.11 Å². The van der Waals surface area contributed by atoms with Crippen LogP contribution in [0, 0.1) is 5.92 Å². The third-order valence-corrected chi connectivity index (χ3v) is 2.68. The number of nitrogens with zero attached hydrogens (tertiary/aromatic N) is 2. The fourth-order valence-electron chi connectivity index (χ4n) is 1.56. The van der Waals surface area contributed by atoms with Gasteiger partial charge in [-0.15, -0.1) is 0 Å². The normalized spacial score (nSPS) is 18.0. The molecule has 1 atom stereocenters. The van der Waals surface area contributed by atoms with Crippen molar-refractivity contribution in [2.24, 2.45) is 11.7 Å². The topological polar surface area (TPSA) is 74.2 Å². The van der Waals surface area contributed by atoms with Gasteiger partial charge in [-0.25, -0.2) is 0 Å². The van der Waals surface area contributed by atoms with E-state index in [1.807, 2.05) is 0 Å². The summed E-state index contributed by atoms with van der Waals surface area (Å²) in [6.07, 6.45) is 3.88. The highest BCUT2D eigenvalue weighted by Gasteiger charge is 2.29. The van der Waals surface area contributed by atoms with Crippen LogP contribution in [0.15, 0.2) is 4.52 Å². The van der Waals surface area contributed by atoms with Gasteiger partial charge in [0.2, 0.25) is 5.89 Å². The Balaban J connectivity index is 1.83. The SMILES string of the molecule is COCCc1noc(CC(N)C2CC2)n1. The Bertz CT molecular complexity index is 309. The van der Waals surface area contributed by atoms with Crippen LogP contribution in [0.5, 0.6) is 0 Å². The minimum atomic E-state index is 0.181. The van der Waals surface area contributed by atoms with Gasteiger partial charge >= 0.3 is 0 Å². The number of rotatable bonds is 6. The molecule has 5 heteroatoms. The molecule has 1 aliphatic carbocycles. The van der Waals surface area contributed by atoms with Crippen molar-refractivity contribution >= 4 is 0 Å². The fourth-order valence-corrected chi connectivity index (χ4v) is 1.56. The number of hydrogen-bond acceptors (Lipinski definition) is 5. The Hall–Kier alpha value is -0.940. The standard InChI is InChI=1S/C10H17N3O2/c1-14-5-4-9-12-10(15-13-9)6-8(11)7-2-3-7/h7-8H,2-6,11H2,1H3. The summed E-state index contributed by atoms with van der Waals surface area (Å²) >= 11 is 0. The summed E-state index contributed by atoms with van der Waals surface area (Å²) in [6, 6.07) is 0.181.